The molecule has 0 spiro atoms. The molecule has 0 N–H and O–H groups in total. The number of thiophene rings is 1. The molecule has 0 bridgehead atoms. The molecular weight excluding hydrogens is 647 g/mol. The van der Waals surface area contributed by atoms with Crippen molar-refractivity contribution in [3.8, 4) is 45.3 Å². The van der Waals surface area contributed by atoms with Crippen molar-refractivity contribution in [1.82, 2.24) is 15.0 Å². The Labute approximate surface area is 295 Å². The molecule has 0 fully saturated rings. The van der Waals surface area contributed by atoms with Crippen molar-refractivity contribution >= 4 is 75.4 Å². The third kappa shape index (κ3) is 4.43. The zero-order chi connectivity index (χ0) is 33.5. The molecule has 0 aliphatic carbocycles. The number of rotatable bonds is 4. The first kappa shape index (κ1) is 28.2. The molecule has 11 aromatic rings. The number of furan rings is 2. The van der Waals surface area contributed by atoms with Gasteiger partial charge < -0.3 is 8.83 Å². The highest BCUT2D eigenvalue weighted by Gasteiger charge is 2.20. The summed E-state index contributed by atoms with van der Waals surface area (Å²) in [5.74, 6) is 1.78. The number of para-hydroxylation sites is 3. The largest absolute Gasteiger partial charge is 0.456 e. The summed E-state index contributed by atoms with van der Waals surface area (Å²) in [7, 11) is 0. The SMILES string of the molecule is c1ccc(-c2nc(-c3ccc4sc5ccccc5c4c3)nc(-c3cccc4c3oc3c(-c5ccc6c(c5)oc5ccccc56)cccc34)n2)cc1. The number of hydrogen-bond donors (Lipinski definition) is 0. The van der Waals surface area contributed by atoms with Crippen LogP contribution in [0, 0.1) is 0 Å². The average Bonchev–Trinajstić information content (AvgIpc) is 3.88. The third-order valence-electron chi connectivity index (χ3n) is 9.76. The fourth-order valence-corrected chi connectivity index (χ4v) is 8.41. The predicted octanol–water partition coefficient (Wildman–Crippen LogP) is 12.7. The first-order valence-electron chi connectivity index (χ1n) is 16.8. The van der Waals surface area contributed by atoms with Crippen LogP contribution in [-0.4, -0.2) is 15.0 Å². The molecule has 0 unspecified atom stereocenters. The highest BCUT2D eigenvalue weighted by molar-refractivity contribution is 7.25. The molecular formula is C45H25N3O2S. The molecule has 51 heavy (non-hydrogen) atoms. The summed E-state index contributed by atoms with van der Waals surface area (Å²) in [5.41, 5.74) is 7.96. The van der Waals surface area contributed by atoms with Gasteiger partial charge in [0.15, 0.2) is 17.5 Å². The van der Waals surface area contributed by atoms with Crippen LogP contribution in [0.15, 0.2) is 160 Å². The van der Waals surface area contributed by atoms with Crippen molar-refractivity contribution in [2.75, 3.05) is 0 Å². The molecule has 0 radical (unpaired) electrons. The first-order valence-corrected chi connectivity index (χ1v) is 17.7. The Morgan fingerprint density at radius 3 is 1.84 bits per heavy atom. The lowest BCUT2D eigenvalue weighted by atomic mass is 10.0. The van der Waals surface area contributed by atoms with Crippen LogP contribution in [0.25, 0.3) is 109 Å². The predicted molar refractivity (Wildman–Crippen MR) is 209 cm³/mol. The summed E-state index contributed by atoms with van der Waals surface area (Å²) < 4.78 is 15.6. The smallest absolute Gasteiger partial charge is 0.167 e. The van der Waals surface area contributed by atoms with E-state index >= 15 is 0 Å². The molecule has 4 aromatic heterocycles. The van der Waals surface area contributed by atoms with Gasteiger partial charge in [-0.15, -0.1) is 11.3 Å². The molecule has 6 heteroatoms. The van der Waals surface area contributed by atoms with E-state index in [1.54, 1.807) is 11.3 Å². The average molecular weight is 672 g/mol. The Bertz CT molecular complexity index is 3160. The summed E-state index contributed by atoms with van der Waals surface area (Å²) >= 11 is 1.80. The zero-order valence-corrected chi connectivity index (χ0v) is 27.8. The van der Waals surface area contributed by atoms with E-state index < -0.39 is 0 Å². The van der Waals surface area contributed by atoms with E-state index in [4.69, 9.17) is 23.8 Å². The maximum atomic E-state index is 6.85. The van der Waals surface area contributed by atoms with Gasteiger partial charge in [-0.25, -0.2) is 15.0 Å². The van der Waals surface area contributed by atoms with Crippen molar-refractivity contribution in [2.45, 2.75) is 0 Å². The Balaban J connectivity index is 1.11. The number of benzene rings is 7. The third-order valence-corrected chi connectivity index (χ3v) is 10.9. The molecule has 0 saturated heterocycles. The maximum absolute atomic E-state index is 6.85. The normalized spacial score (nSPS) is 11.9. The molecule has 0 atom stereocenters. The van der Waals surface area contributed by atoms with E-state index in [1.165, 1.54) is 20.2 Å². The Hall–Kier alpha value is -6.63. The van der Waals surface area contributed by atoms with Crippen LogP contribution in [0.2, 0.25) is 0 Å². The fraction of sp³-hybridized carbons (Fsp3) is 0. The minimum Gasteiger partial charge on any atom is -0.456 e. The van der Waals surface area contributed by atoms with Gasteiger partial charge in [-0.1, -0.05) is 103 Å². The van der Waals surface area contributed by atoms with E-state index in [2.05, 4.69) is 97.1 Å². The first-order chi connectivity index (χ1) is 25.2. The zero-order valence-electron chi connectivity index (χ0n) is 27.0. The number of aromatic nitrogens is 3. The highest BCUT2D eigenvalue weighted by atomic mass is 32.1. The molecule has 0 aliphatic heterocycles. The van der Waals surface area contributed by atoms with E-state index in [1.807, 2.05) is 54.6 Å². The minimum atomic E-state index is 0.559. The van der Waals surface area contributed by atoms with Gasteiger partial charge in [-0.2, -0.15) is 0 Å². The minimum absolute atomic E-state index is 0.559. The van der Waals surface area contributed by atoms with Crippen molar-refractivity contribution in [3.05, 3.63) is 152 Å². The van der Waals surface area contributed by atoms with Gasteiger partial charge in [0.2, 0.25) is 0 Å². The Morgan fingerprint density at radius 2 is 0.980 bits per heavy atom. The monoisotopic (exact) mass is 671 g/mol. The van der Waals surface area contributed by atoms with Crippen LogP contribution in [0.3, 0.4) is 0 Å². The lowest BCUT2D eigenvalue weighted by Gasteiger charge is -2.09. The quantitative estimate of drug-likeness (QED) is 0.186. The van der Waals surface area contributed by atoms with Crippen LogP contribution in [0.1, 0.15) is 0 Å². The van der Waals surface area contributed by atoms with Crippen LogP contribution in [-0.2, 0) is 0 Å². The van der Waals surface area contributed by atoms with Crippen LogP contribution >= 0.6 is 11.3 Å². The standard InChI is InChI=1S/C45H25N3O2S/c1-2-10-26(11-3-1)43-46-44(28-21-23-40-36(24-28)32-13-5-7-19-39(32)51-40)48-45(47-43)35-17-9-16-34-33-15-8-14-29(41(33)50-42(34)35)27-20-22-31-30-12-4-6-18-37(30)49-38(31)25-27/h1-25H. The van der Waals surface area contributed by atoms with Crippen molar-refractivity contribution in [1.29, 1.82) is 0 Å². The van der Waals surface area contributed by atoms with E-state index in [9.17, 15) is 0 Å². The second-order valence-electron chi connectivity index (χ2n) is 12.8. The Morgan fingerprint density at radius 1 is 0.353 bits per heavy atom. The van der Waals surface area contributed by atoms with Crippen LogP contribution in [0.4, 0.5) is 0 Å². The maximum Gasteiger partial charge on any atom is 0.167 e. The number of hydrogen-bond acceptors (Lipinski definition) is 6. The summed E-state index contributed by atoms with van der Waals surface area (Å²) in [5, 5.41) is 6.67. The lowest BCUT2D eigenvalue weighted by Crippen LogP contribution is -2.00. The Kier molecular flexibility index (Phi) is 6.05. The summed E-state index contributed by atoms with van der Waals surface area (Å²) in [4.78, 5) is 15.2. The number of fused-ring (bicyclic) bond motifs is 9. The fourth-order valence-electron chi connectivity index (χ4n) is 7.32. The topological polar surface area (TPSA) is 65.0 Å². The van der Waals surface area contributed by atoms with Crippen LogP contribution < -0.4 is 0 Å². The van der Waals surface area contributed by atoms with E-state index in [0.717, 1.165) is 71.7 Å². The van der Waals surface area contributed by atoms with Crippen LogP contribution in [0.5, 0.6) is 0 Å². The van der Waals surface area contributed by atoms with Gasteiger partial charge in [0.25, 0.3) is 0 Å². The van der Waals surface area contributed by atoms with E-state index in [-0.39, 0.29) is 0 Å². The highest BCUT2D eigenvalue weighted by Crippen LogP contribution is 2.41. The molecule has 7 aromatic carbocycles. The number of nitrogens with zero attached hydrogens (tertiary/aromatic N) is 3. The van der Waals surface area contributed by atoms with Gasteiger partial charge in [0.05, 0.1) is 5.56 Å². The van der Waals surface area contributed by atoms with Gasteiger partial charge >= 0.3 is 0 Å². The summed E-state index contributed by atoms with van der Waals surface area (Å²) in [6, 6.07) is 52.1. The van der Waals surface area contributed by atoms with Crippen molar-refractivity contribution < 1.29 is 8.83 Å². The molecule has 0 amide bonds. The van der Waals surface area contributed by atoms with Gasteiger partial charge in [-0.05, 0) is 54.1 Å². The molecule has 0 aliphatic rings. The molecule has 5 nitrogen and oxygen atoms in total. The van der Waals surface area contributed by atoms with Gasteiger partial charge in [-0.3, -0.25) is 0 Å². The second-order valence-corrected chi connectivity index (χ2v) is 13.8. The molecule has 238 valence electrons. The lowest BCUT2D eigenvalue weighted by molar-refractivity contribution is 0.668. The second kappa shape index (κ2) is 10.9. The van der Waals surface area contributed by atoms with Crippen molar-refractivity contribution in [3.63, 3.8) is 0 Å². The van der Waals surface area contributed by atoms with Crippen molar-refractivity contribution in [2.24, 2.45) is 0 Å². The summed E-state index contributed by atoms with van der Waals surface area (Å²) in [6.07, 6.45) is 0. The molecule has 11 rings (SSSR count). The van der Waals surface area contributed by atoms with Gasteiger partial charge in [0, 0.05) is 58.4 Å². The molecule has 4 heterocycles. The van der Waals surface area contributed by atoms with E-state index in [0.29, 0.717) is 17.5 Å². The molecule has 0 saturated carbocycles. The van der Waals surface area contributed by atoms with Gasteiger partial charge in [0.1, 0.15) is 22.3 Å². The summed E-state index contributed by atoms with van der Waals surface area (Å²) in [6.45, 7) is 0.